The van der Waals surface area contributed by atoms with Crippen molar-refractivity contribution in [2.45, 2.75) is 63.8 Å². The predicted molar refractivity (Wildman–Crippen MR) is 70.8 cm³/mol. The Balaban J connectivity index is 1.78. The van der Waals surface area contributed by atoms with Crippen LogP contribution in [0.2, 0.25) is 0 Å². The summed E-state index contributed by atoms with van der Waals surface area (Å²) in [5.41, 5.74) is -0.437. The molecule has 2 atom stereocenters. The normalized spacial score (nSPS) is 33.1. The van der Waals surface area contributed by atoms with Gasteiger partial charge in [0.2, 0.25) is 11.8 Å². The number of hydrogen-bond donors (Lipinski definition) is 1. The molecule has 5 nitrogen and oxygen atoms in total. The molecule has 20 heavy (non-hydrogen) atoms. The van der Waals surface area contributed by atoms with E-state index in [9.17, 15) is 14.4 Å². The van der Waals surface area contributed by atoms with Gasteiger partial charge in [0.25, 0.3) is 0 Å². The van der Waals surface area contributed by atoms with Gasteiger partial charge < -0.3 is 5.11 Å². The van der Waals surface area contributed by atoms with E-state index in [1.807, 2.05) is 0 Å². The van der Waals surface area contributed by atoms with Crippen molar-refractivity contribution in [1.82, 2.24) is 4.90 Å². The average molecular weight is 279 g/mol. The lowest BCUT2D eigenvalue weighted by Gasteiger charge is -2.33. The molecule has 1 saturated heterocycles. The summed E-state index contributed by atoms with van der Waals surface area (Å²) in [7, 11) is 0. The van der Waals surface area contributed by atoms with Crippen molar-refractivity contribution < 1.29 is 19.5 Å². The van der Waals surface area contributed by atoms with Gasteiger partial charge in [-0.2, -0.15) is 0 Å². The number of imide groups is 1. The van der Waals surface area contributed by atoms with Crippen molar-refractivity contribution in [2.75, 3.05) is 0 Å². The van der Waals surface area contributed by atoms with Crippen LogP contribution in [0, 0.1) is 11.3 Å². The zero-order valence-electron chi connectivity index (χ0n) is 11.6. The summed E-state index contributed by atoms with van der Waals surface area (Å²) in [5.74, 6) is -1.30. The lowest BCUT2D eigenvalue weighted by Crippen LogP contribution is -2.45. The van der Waals surface area contributed by atoms with Crippen LogP contribution in [0.3, 0.4) is 0 Å². The standard InChI is InChI=1S/C15H21NO4/c17-12-9-15(6-1-2-7-15)14(20)16(12)11-5-3-4-10(8-11)13(18)19/h10-11H,1-9H2,(H,18,19). The van der Waals surface area contributed by atoms with Crippen LogP contribution >= 0.6 is 0 Å². The molecule has 0 aromatic carbocycles. The molecule has 3 rings (SSSR count). The number of carboxylic acid groups (broad SMARTS) is 1. The van der Waals surface area contributed by atoms with Gasteiger partial charge in [0.15, 0.2) is 0 Å². The first-order chi connectivity index (χ1) is 9.53. The van der Waals surface area contributed by atoms with Crippen molar-refractivity contribution in [3.05, 3.63) is 0 Å². The monoisotopic (exact) mass is 279 g/mol. The summed E-state index contributed by atoms with van der Waals surface area (Å²) in [6.07, 6.45) is 6.68. The summed E-state index contributed by atoms with van der Waals surface area (Å²) in [5, 5.41) is 9.15. The number of hydrogen-bond acceptors (Lipinski definition) is 3. The Bertz CT molecular complexity index is 453. The molecule has 110 valence electrons. The van der Waals surface area contributed by atoms with Crippen molar-refractivity contribution in [1.29, 1.82) is 0 Å². The summed E-state index contributed by atoms with van der Waals surface area (Å²) in [6.45, 7) is 0. The third-order valence-electron chi connectivity index (χ3n) is 5.35. The Labute approximate surface area is 118 Å². The van der Waals surface area contributed by atoms with Crippen LogP contribution in [0.15, 0.2) is 0 Å². The van der Waals surface area contributed by atoms with Crippen molar-refractivity contribution in [2.24, 2.45) is 11.3 Å². The fourth-order valence-electron chi connectivity index (χ4n) is 4.25. The minimum atomic E-state index is -0.802. The maximum absolute atomic E-state index is 12.7. The minimum absolute atomic E-state index is 0.0176. The number of carbonyl (C=O) groups is 3. The van der Waals surface area contributed by atoms with Gasteiger partial charge in [-0.15, -0.1) is 0 Å². The molecule has 2 unspecified atom stereocenters. The van der Waals surface area contributed by atoms with E-state index >= 15 is 0 Å². The first-order valence-electron chi connectivity index (χ1n) is 7.63. The van der Waals surface area contributed by atoms with Crippen LogP contribution in [-0.2, 0) is 14.4 Å². The van der Waals surface area contributed by atoms with E-state index in [-0.39, 0.29) is 17.9 Å². The smallest absolute Gasteiger partial charge is 0.306 e. The molecule has 0 bridgehead atoms. The van der Waals surface area contributed by atoms with E-state index in [1.165, 1.54) is 4.90 Å². The molecular formula is C15H21NO4. The van der Waals surface area contributed by atoms with Gasteiger partial charge in [0, 0.05) is 12.5 Å². The second-order valence-corrected chi connectivity index (χ2v) is 6.59. The summed E-state index contributed by atoms with van der Waals surface area (Å²) in [4.78, 5) is 37.5. The van der Waals surface area contributed by atoms with Gasteiger partial charge in [-0.1, -0.05) is 19.3 Å². The number of carbonyl (C=O) groups excluding carboxylic acids is 2. The van der Waals surface area contributed by atoms with Gasteiger partial charge in [0.1, 0.15) is 0 Å². The van der Waals surface area contributed by atoms with Crippen LogP contribution in [0.4, 0.5) is 0 Å². The Morgan fingerprint density at radius 3 is 2.50 bits per heavy atom. The molecule has 2 aliphatic carbocycles. The predicted octanol–water partition coefficient (Wildman–Crippen LogP) is 1.95. The van der Waals surface area contributed by atoms with Crippen LogP contribution in [0.1, 0.15) is 57.8 Å². The highest BCUT2D eigenvalue weighted by Crippen LogP contribution is 2.48. The molecule has 1 aliphatic heterocycles. The number of carboxylic acids is 1. The van der Waals surface area contributed by atoms with Gasteiger partial charge >= 0.3 is 5.97 Å². The topological polar surface area (TPSA) is 74.7 Å². The quantitative estimate of drug-likeness (QED) is 0.784. The molecule has 0 aromatic rings. The molecule has 1 heterocycles. The van der Waals surface area contributed by atoms with E-state index < -0.39 is 17.3 Å². The molecule has 2 amide bonds. The molecular weight excluding hydrogens is 258 g/mol. The van der Waals surface area contributed by atoms with Crippen LogP contribution in [-0.4, -0.2) is 33.8 Å². The molecule has 3 aliphatic rings. The van der Waals surface area contributed by atoms with Crippen molar-refractivity contribution in [3.63, 3.8) is 0 Å². The van der Waals surface area contributed by atoms with Crippen LogP contribution < -0.4 is 0 Å². The molecule has 3 fully saturated rings. The van der Waals surface area contributed by atoms with Gasteiger partial charge in [-0.3, -0.25) is 19.3 Å². The molecule has 5 heteroatoms. The van der Waals surface area contributed by atoms with Crippen LogP contribution in [0.25, 0.3) is 0 Å². The highest BCUT2D eigenvalue weighted by atomic mass is 16.4. The zero-order valence-corrected chi connectivity index (χ0v) is 11.6. The number of aliphatic carboxylic acids is 1. The molecule has 2 saturated carbocycles. The Morgan fingerprint density at radius 2 is 1.85 bits per heavy atom. The fourth-order valence-corrected chi connectivity index (χ4v) is 4.25. The molecule has 0 aromatic heterocycles. The minimum Gasteiger partial charge on any atom is -0.481 e. The van der Waals surface area contributed by atoms with E-state index in [4.69, 9.17) is 5.11 Å². The average Bonchev–Trinajstić information content (AvgIpc) is 2.97. The van der Waals surface area contributed by atoms with Crippen molar-refractivity contribution in [3.8, 4) is 0 Å². The maximum Gasteiger partial charge on any atom is 0.306 e. The third kappa shape index (κ3) is 2.03. The lowest BCUT2D eigenvalue weighted by molar-refractivity contribution is -0.150. The Hall–Kier alpha value is -1.39. The first-order valence-corrected chi connectivity index (χ1v) is 7.63. The second-order valence-electron chi connectivity index (χ2n) is 6.59. The fraction of sp³-hybridized carbons (Fsp3) is 0.800. The largest absolute Gasteiger partial charge is 0.481 e. The van der Waals surface area contributed by atoms with Crippen LogP contribution in [0.5, 0.6) is 0 Å². The highest BCUT2D eigenvalue weighted by molar-refractivity contribution is 6.06. The van der Waals surface area contributed by atoms with E-state index in [0.29, 0.717) is 19.3 Å². The molecule has 0 radical (unpaired) electrons. The summed E-state index contributed by atoms with van der Waals surface area (Å²) >= 11 is 0. The van der Waals surface area contributed by atoms with Gasteiger partial charge in [-0.05, 0) is 32.1 Å². The number of nitrogens with zero attached hydrogens (tertiary/aromatic N) is 1. The SMILES string of the molecule is O=C(O)C1CCCC(N2C(=O)CC3(CCCC3)C2=O)C1. The maximum atomic E-state index is 12.7. The van der Waals surface area contributed by atoms with Crippen molar-refractivity contribution >= 4 is 17.8 Å². The lowest BCUT2D eigenvalue weighted by atomic mass is 9.83. The van der Waals surface area contributed by atoms with Gasteiger partial charge in [-0.25, -0.2) is 0 Å². The summed E-state index contributed by atoms with van der Waals surface area (Å²) in [6, 6.07) is -0.190. The zero-order chi connectivity index (χ0) is 14.3. The van der Waals surface area contributed by atoms with E-state index in [2.05, 4.69) is 0 Å². The highest BCUT2D eigenvalue weighted by Gasteiger charge is 2.54. The third-order valence-corrected chi connectivity index (χ3v) is 5.35. The van der Waals surface area contributed by atoms with E-state index in [0.717, 1.165) is 38.5 Å². The van der Waals surface area contributed by atoms with Gasteiger partial charge in [0.05, 0.1) is 11.3 Å². The first kappa shape index (κ1) is 13.6. The summed E-state index contributed by atoms with van der Waals surface area (Å²) < 4.78 is 0. The Kier molecular flexibility index (Phi) is 3.30. The number of amides is 2. The Morgan fingerprint density at radius 1 is 1.15 bits per heavy atom. The number of likely N-dealkylation sites (tertiary alicyclic amines) is 1. The number of rotatable bonds is 2. The second kappa shape index (κ2) is 4.86. The molecule has 1 N–H and O–H groups in total. The molecule has 1 spiro atoms. The van der Waals surface area contributed by atoms with E-state index in [1.54, 1.807) is 0 Å².